The monoisotopic (exact) mass is 208 g/mol. The second-order valence-electron chi connectivity index (χ2n) is 3.12. The number of nitrogens with one attached hydrogen (secondary N) is 1. The van der Waals surface area contributed by atoms with Gasteiger partial charge in [-0.1, -0.05) is 0 Å². The lowest BCUT2D eigenvalue weighted by Crippen LogP contribution is -2.28. The van der Waals surface area contributed by atoms with Gasteiger partial charge < -0.3 is 4.42 Å². The number of hydrogen-bond acceptors (Lipinski definition) is 4. The Labute approximate surface area is 86.5 Å². The summed E-state index contributed by atoms with van der Waals surface area (Å²) in [6, 6.07) is 3.93. The lowest BCUT2D eigenvalue weighted by atomic mass is 10.1. The van der Waals surface area contributed by atoms with Crippen molar-refractivity contribution in [3.8, 4) is 0 Å². The minimum absolute atomic E-state index is 0.0451. The lowest BCUT2D eigenvalue weighted by molar-refractivity contribution is 0.450. The molecule has 2 aromatic rings. The van der Waals surface area contributed by atoms with Crippen molar-refractivity contribution < 1.29 is 4.42 Å². The normalized spacial score (nSPS) is 13.0. The molecule has 0 amide bonds. The van der Waals surface area contributed by atoms with E-state index in [1.54, 1.807) is 17.6 Å². The van der Waals surface area contributed by atoms with E-state index in [2.05, 4.69) is 10.8 Å². The van der Waals surface area contributed by atoms with Crippen molar-refractivity contribution >= 4 is 11.3 Å². The second-order valence-corrected chi connectivity index (χ2v) is 3.90. The Hall–Kier alpha value is -1.10. The molecule has 3 N–H and O–H groups in total. The highest BCUT2D eigenvalue weighted by molar-refractivity contribution is 7.08. The molecule has 0 aliphatic rings. The number of hydrazine groups is 1. The van der Waals surface area contributed by atoms with E-state index in [0.717, 1.165) is 16.9 Å². The van der Waals surface area contributed by atoms with Crippen molar-refractivity contribution in [3.63, 3.8) is 0 Å². The molecule has 0 aliphatic carbocycles. The van der Waals surface area contributed by atoms with Crippen LogP contribution in [-0.4, -0.2) is 0 Å². The molecule has 14 heavy (non-hydrogen) atoms. The summed E-state index contributed by atoms with van der Waals surface area (Å²) in [4.78, 5) is 0. The highest BCUT2D eigenvalue weighted by atomic mass is 32.1. The maximum absolute atomic E-state index is 5.52. The maximum Gasteiger partial charge on any atom is 0.129 e. The first-order valence-corrected chi connectivity index (χ1v) is 5.29. The number of furan rings is 1. The van der Waals surface area contributed by atoms with Crippen molar-refractivity contribution in [1.82, 2.24) is 5.43 Å². The smallest absolute Gasteiger partial charge is 0.129 e. The van der Waals surface area contributed by atoms with E-state index in [1.807, 2.05) is 24.4 Å². The Bertz CT molecular complexity index is 394. The van der Waals surface area contributed by atoms with Crippen LogP contribution < -0.4 is 11.3 Å². The van der Waals surface area contributed by atoms with Gasteiger partial charge in [0.05, 0.1) is 6.26 Å². The zero-order chi connectivity index (χ0) is 9.97. The first-order valence-electron chi connectivity index (χ1n) is 4.35. The quantitative estimate of drug-likeness (QED) is 0.600. The molecule has 0 fully saturated rings. The fraction of sp³-hybridized carbons (Fsp3) is 0.200. The summed E-state index contributed by atoms with van der Waals surface area (Å²) in [5.41, 5.74) is 5.01. The average molecular weight is 208 g/mol. The predicted molar refractivity (Wildman–Crippen MR) is 56.9 cm³/mol. The van der Waals surface area contributed by atoms with E-state index < -0.39 is 0 Å². The van der Waals surface area contributed by atoms with E-state index in [4.69, 9.17) is 10.3 Å². The number of hydrogen-bond donors (Lipinski definition) is 2. The molecule has 0 spiro atoms. The lowest BCUT2D eigenvalue weighted by Gasteiger charge is -2.12. The number of thiophene rings is 1. The van der Waals surface area contributed by atoms with E-state index in [9.17, 15) is 0 Å². The van der Waals surface area contributed by atoms with Crippen LogP contribution >= 0.6 is 11.3 Å². The molecule has 0 bridgehead atoms. The summed E-state index contributed by atoms with van der Waals surface area (Å²) in [5.74, 6) is 6.40. The van der Waals surface area contributed by atoms with Gasteiger partial charge in [0.25, 0.3) is 0 Å². The van der Waals surface area contributed by atoms with Crippen LogP contribution in [0.4, 0.5) is 0 Å². The predicted octanol–water partition coefficient (Wildman–Crippen LogP) is 2.20. The molecular weight excluding hydrogens is 196 g/mol. The maximum atomic E-state index is 5.52. The third-order valence-electron chi connectivity index (χ3n) is 2.21. The molecule has 0 saturated heterocycles. The van der Waals surface area contributed by atoms with Crippen molar-refractivity contribution in [2.24, 2.45) is 5.84 Å². The van der Waals surface area contributed by atoms with Gasteiger partial charge in [0, 0.05) is 0 Å². The van der Waals surface area contributed by atoms with E-state index in [0.29, 0.717) is 0 Å². The SMILES string of the molecule is Cc1ccoc1C(NN)c1ccsc1. The molecule has 0 aliphatic heterocycles. The standard InChI is InChI=1S/C10H12N2OS/c1-7-2-4-13-10(7)9(12-11)8-3-5-14-6-8/h2-6,9,12H,11H2,1H3. The van der Waals surface area contributed by atoms with Gasteiger partial charge >= 0.3 is 0 Å². The van der Waals surface area contributed by atoms with Crippen LogP contribution in [0.5, 0.6) is 0 Å². The second kappa shape index (κ2) is 3.96. The summed E-state index contributed by atoms with van der Waals surface area (Å²) < 4.78 is 5.40. The van der Waals surface area contributed by atoms with Gasteiger partial charge in [-0.15, -0.1) is 0 Å². The molecular formula is C10H12N2OS. The minimum atomic E-state index is -0.0451. The van der Waals surface area contributed by atoms with Gasteiger partial charge in [0.15, 0.2) is 0 Å². The van der Waals surface area contributed by atoms with Gasteiger partial charge in [-0.25, -0.2) is 5.43 Å². The fourth-order valence-corrected chi connectivity index (χ4v) is 2.13. The summed E-state index contributed by atoms with van der Waals surface area (Å²) in [7, 11) is 0. The van der Waals surface area contributed by atoms with Crippen molar-refractivity contribution in [2.45, 2.75) is 13.0 Å². The third-order valence-corrected chi connectivity index (χ3v) is 2.91. The van der Waals surface area contributed by atoms with E-state index in [1.165, 1.54) is 0 Å². The van der Waals surface area contributed by atoms with Gasteiger partial charge in [-0.2, -0.15) is 11.3 Å². The Morgan fingerprint density at radius 1 is 1.50 bits per heavy atom. The molecule has 3 nitrogen and oxygen atoms in total. The van der Waals surface area contributed by atoms with Crippen molar-refractivity contribution in [3.05, 3.63) is 46.0 Å². The molecule has 74 valence electrons. The third kappa shape index (κ3) is 1.59. The summed E-state index contributed by atoms with van der Waals surface area (Å²) in [6.45, 7) is 2.01. The van der Waals surface area contributed by atoms with Crippen LogP contribution in [0.15, 0.2) is 33.6 Å². The average Bonchev–Trinajstić information content (AvgIpc) is 2.80. The van der Waals surface area contributed by atoms with Crippen molar-refractivity contribution in [1.29, 1.82) is 0 Å². The number of rotatable bonds is 3. The number of nitrogens with two attached hydrogens (primary N) is 1. The van der Waals surface area contributed by atoms with Crippen LogP contribution in [0.25, 0.3) is 0 Å². The van der Waals surface area contributed by atoms with Gasteiger partial charge in [0.2, 0.25) is 0 Å². The van der Waals surface area contributed by atoms with Crippen molar-refractivity contribution in [2.75, 3.05) is 0 Å². The highest BCUT2D eigenvalue weighted by Crippen LogP contribution is 2.26. The highest BCUT2D eigenvalue weighted by Gasteiger charge is 2.17. The summed E-state index contributed by atoms with van der Waals surface area (Å²) in [5, 5.41) is 4.09. The van der Waals surface area contributed by atoms with Crippen LogP contribution in [0.2, 0.25) is 0 Å². The molecule has 1 unspecified atom stereocenters. The molecule has 0 aromatic carbocycles. The largest absolute Gasteiger partial charge is 0.467 e. The molecule has 2 aromatic heterocycles. The minimum Gasteiger partial charge on any atom is -0.467 e. The Morgan fingerprint density at radius 3 is 2.86 bits per heavy atom. The van der Waals surface area contributed by atoms with Crippen LogP contribution in [0.3, 0.4) is 0 Å². The Balaban J connectivity index is 2.36. The zero-order valence-electron chi connectivity index (χ0n) is 7.86. The van der Waals surface area contributed by atoms with Gasteiger partial charge in [0.1, 0.15) is 11.8 Å². The fourth-order valence-electron chi connectivity index (χ4n) is 1.44. The zero-order valence-corrected chi connectivity index (χ0v) is 8.67. The molecule has 0 radical (unpaired) electrons. The molecule has 4 heteroatoms. The van der Waals surface area contributed by atoms with E-state index in [-0.39, 0.29) is 6.04 Å². The first kappa shape index (κ1) is 9.45. The van der Waals surface area contributed by atoms with Crippen LogP contribution in [0.1, 0.15) is 22.9 Å². The Morgan fingerprint density at radius 2 is 2.36 bits per heavy atom. The van der Waals surface area contributed by atoms with E-state index >= 15 is 0 Å². The molecule has 0 saturated carbocycles. The first-order chi connectivity index (χ1) is 6.83. The molecule has 1 atom stereocenters. The molecule has 2 rings (SSSR count). The Kier molecular flexibility index (Phi) is 2.67. The topological polar surface area (TPSA) is 51.2 Å². The summed E-state index contributed by atoms with van der Waals surface area (Å²) in [6.07, 6.45) is 1.68. The van der Waals surface area contributed by atoms with Crippen LogP contribution in [-0.2, 0) is 0 Å². The van der Waals surface area contributed by atoms with Gasteiger partial charge in [-0.3, -0.25) is 5.84 Å². The number of aryl methyl sites for hydroxylation is 1. The van der Waals surface area contributed by atoms with Gasteiger partial charge in [-0.05, 0) is 40.9 Å². The van der Waals surface area contributed by atoms with Crippen LogP contribution in [0, 0.1) is 6.92 Å². The molecule has 2 heterocycles. The summed E-state index contributed by atoms with van der Waals surface area (Å²) >= 11 is 1.65.